The van der Waals surface area contributed by atoms with Crippen LogP contribution in [-0.2, 0) is 4.74 Å². The van der Waals surface area contributed by atoms with E-state index >= 15 is 0 Å². The maximum Gasteiger partial charge on any atom is 0.344 e. The van der Waals surface area contributed by atoms with Gasteiger partial charge in [-0.05, 0) is 36.4 Å². The Morgan fingerprint density at radius 2 is 1.96 bits per heavy atom. The van der Waals surface area contributed by atoms with Crippen molar-refractivity contribution in [3.05, 3.63) is 75.9 Å². The molecule has 0 aliphatic rings. The lowest BCUT2D eigenvalue weighted by molar-refractivity contribution is 0.0600. The molecule has 0 fully saturated rings. The first kappa shape index (κ1) is 18.9. The largest absolute Gasteiger partial charge is 0.465 e. The predicted molar refractivity (Wildman–Crippen MR) is 102 cm³/mol. The quantitative estimate of drug-likeness (QED) is 0.554. The van der Waals surface area contributed by atoms with Crippen LogP contribution in [0.1, 0.15) is 16.1 Å². The molecule has 0 radical (unpaired) electrons. The number of nitrogens with zero attached hydrogens (tertiary/aromatic N) is 1. The van der Waals surface area contributed by atoms with Crippen molar-refractivity contribution >= 4 is 40.9 Å². The zero-order chi connectivity index (χ0) is 19.4. The van der Waals surface area contributed by atoms with Gasteiger partial charge < -0.3 is 14.6 Å². The number of halogens is 3. The van der Waals surface area contributed by atoms with Crippen LogP contribution in [-0.4, -0.2) is 18.2 Å². The summed E-state index contributed by atoms with van der Waals surface area (Å²) in [4.78, 5) is 12.2. The molecule has 0 atom stereocenters. The molecule has 0 aliphatic carbocycles. The number of carbonyl (C=O) groups excluding carboxylic acids is 1. The van der Waals surface area contributed by atoms with Gasteiger partial charge in [0.1, 0.15) is 17.1 Å². The smallest absolute Gasteiger partial charge is 0.344 e. The van der Waals surface area contributed by atoms with Crippen LogP contribution < -0.4 is 5.32 Å². The third-order valence-electron chi connectivity index (χ3n) is 3.64. The molecule has 3 aromatic rings. The van der Waals surface area contributed by atoms with Gasteiger partial charge in [-0.2, -0.15) is 0 Å². The third kappa shape index (κ3) is 4.13. The van der Waals surface area contributed by atoms with E-state index in [-0.39, 0.29) is 27.6 Å². The Morgan fingerprint density at radius 3 is 2.63 bits per heavy atom. The highest BCUT2D eigenvalue weighted by atomic mass is 35.5. The average Bonchev–Trinajstić information content (AvgIpc) is 3.06. The molecular formula is C19H13Cl2FN2O3. The Bertz CT molecular complexity index is 980. The van der Waals surface area contributed by atoms with E-state index in [9.17, 15) is 9.18 Å². The monoisotopic (exact) mass is 406 g/mol. The first-order chi connectivity index (χ1) is 13.0. The molecule has 0 amide bonds. The predicted octanol–water partition coefficient (Wildman–Crippen LogP) is 5.66. The van der Waals surface area contributed by atoms with Crippen molar-refractivity contribution in [2.45, 2.75) is 0 Å². The minimum absolute atomic E-state index is 0.0290. The summed E-state index contributed by atoms with van der Waals surface area (Å²) in [7, 11) is 1.21. The molecule has 1 N–H and O–H groups in total. The molecule has 0 bridgehead atoms. The van der Waals surface area contributed by atoms with Gasteiger partial charge in [-0.25, -0.2) is 9.18 Å². The maximum absolute atomic E-state index is 14.2. The topological polar surface area (TPSA) is 64.4 Å². The van der Waals surface area contributed by atoms with Gasteiger partial charge in [0.2, 0.25) is 0 Å². The number of nitrogens with one attached hydrogen (secondary N) is 1. The van der Waals surface area contributed by atoms with E-state index in [0.717, 1.165) is 5.69 Å². The number of anilines is 1. The van der Waals surface area contributed by atoms with Crippen LogP contribution >= 0.6 is 23.2 Å². The van der Waals surface area contributed by atoms with Crippen LogP contribution in [0.25, 0.3) is 17.3 Å². The lowest BCUT2D eigenvalue weighted by atomic mass is 10.1. The summed E-state index contributed by atoms with van der Waals surface area (Å²) >= 11 is 11.9. The summed E-state index contributed by atoms with van der Waals surface area (Å²) in [6.45, 7) is 0. The molecule has 0 aliphatic heterocycles. The molecule has 0 spiro atoms. The van der Waals surface area contributed by atoms with Crippen molar-refractivity contribution < 1.29 is 18.4 Å². The van der Waals surface area contributed by atoms with Gasteiger partial charge in [-0.3, -0.25) is 0 Å². The number of ether oxygens (including phenoxy) is 1. The summed E-state index contributed by atoms with van der Waals surface area (Å²) in [6, 6.07) is 11.2. The lowest BCUT2D eigenvalue weighted by Crippen LogP contribution is -2.04. The van der Waals surface area contributed by atoms with Crippen molar-refractivity contribution in [2.24, 2.45) is 0 Å². The summed E-state index contributed by atoms with van der Waals surface area (Å²) < 4.78 is 24.2. The number of hydrogen-bond donors (Lipinski definition) is 1. The fraction of sp³-hybridized carbons (Fsp3) is 0.0526. The van der Waals surface area contributed by atoms with Crippen molar-refractivity contribution in [3.8, 4) is 11.3 Å². The van der Waals surface area contributed by atoms with E-state index in [0.29, 0.717) is 5.02 Å². The Kier molecular flexibility index (Phi) is 5.78. The van der Waals surface area contributed by atoms with Crippen LogP contribution in [0.5, 0.6) is 0 Å². The molecular weight excluding hydrogens is 394 g/mol. The van der Waals surface area contributed by atoms with E-state index in [1.165, 1.54) is 31.4 Å². The fourth-order valence-corrected chi connectivity index (χ4v) is 2.75. The summed E-state index contributed by atoms with van der Waals surface area (Å²) in [5.74, 6) is -1.26. The van der Waals surface area contributed by atoms with Crippen LogP contribution in [0.2, 0.25) is 10.0 Å². The zero-order valence-corrected chi connectivity index (χ0v) is 15.5. The number of esters is 1. The first-order valence-electron chi connectivity index (χ1n) is 7.72. The molecule has 1 heterocycles. The van der Waals surface area contributed by atoms with Gasteiger partial charge in [0.15, 0.2) is 5.76 Å². The maximum atomic E-state index is 14.2. The minimum Gasteiger partial charge on any atom is -0.465 e. The Balaban J connectivity index is 1.96. The molecule has 2 aromatic carbocycles. The van der Waals surface area contributed by atoms with Crippen LogP contribution in [0, 0.1) is 5.82 Å². The normalized spacial score (nSPS) is 11.0. The van der Waals surface area contributed by atoms with Gasteiger partial charge in [0.05, 0.1) is 17.7 Å². The molecule has 27 heavy (non-hydrogen) atoms. The molecule has 5 nitrogen and oxygen atoms in total. The highest BCUT2D eigenvalue weighted by Crippen LogP contribution is 2.34. The first-order valence-corrected chi connectivity index (χ1v) is 8.48. The molecule has 0 unspecified atom stereocenters. The van der Waals surface area contributed by atoms with Gasteiger partial charge in [0.25, 0.3) is 0 Å². The van der Waals surface area contributed by atoms with E-state index in [1.54, 1.807) is 30.5 Å². The molecule has 0 saturated heterocycles. The Hall–Kier alpha value is -2.83. The van der Waals surface area contributed by atoms with E-state index in [1.807, 2.05) is 0 Å². The highest BCUT2D eigenvalue weighted by Gasteiger charge is 2.26. The van der Waals surface area contributed by atoms with Gasteiger partial charge in [-0.15, -0.1) is 0 Å². The van der Waals surface area contributed by atoms with E-state index < -0.39 is 11.8 Å². The second-order valence-electron chi connectivity index (χ2n) is 5.34. The Morgan fingerprint density at radius 1 is 1.22 bits per heavy atom. The minimum atomic E-state index is -0.725. The van der Waals surface area contributed by atoms with Crippen molar-refractivity contribution in [2.75, 3.05) is 12.4 Å². The number of benzene rings is 2. The van der Waals surface area contributed by atoms with Crippen LogP contribution in [0.4, 0.5) is 10.1 Å². The lowest BCUT2D eigenvalue weighted by Gasteiger charge is -2.04. The summed E-state index contributed by atoms with van der Waals surface area (Å²) in [6.07, 6.45) is 3.02. The number of aromatic nitrogens is 1. The molecule has 138 valence electrons. The van der Waals surface area contributed by atoms with Crippen molar-refractivity contribution in [3.63, 3.8) is 0 Å². The highest BCUT2D eigenvalue weighted by molar-refractivity contribution is 6.33. The fourth-order valence-electron chi connectivity index (χ4n) is 2.37. The number of methoxy groups -OCH3 is 1. The second kappa shape index (κ2) is 8.24. The van der Waals surface area contributed by atoms with Crippen LogP contribution in [0.3, 0.4) is 0 Å². The summed E-state index contributed by atoms with van der Waals surface area (Å²) in [5.41, 5.74) is 0.676. The number of rotatable bonds is 5. The number of carbonyl (C=O) groups is 1. The SMILES string of the molecule is COC(=O)c1c(-c2c(F)cccc2Cl)noc1/C=C/Nc1ccc(Cl)cc1. The zero-order valence-electron chi connectivity index (χ0n) is 14.0. The van der Waals surface area contributed by atoms with E-state index in [2.05, 4.69) is 10.5 Å². The van der Waals surface area contributed by atoms with Gasteiger partial charge in [0, 0.05) is 23.0 Å². The van der Waals surface area contributed by atoms with Crippen LogP contribution in [0.15, 0.2) is 53.2 Å². The standard InChI is InChI=1S/C19H13Cl2FN2O3/c1-26-19(25)17-15(9-10-23-12-7-5-11(20)6-8-12)27-24-18(17)16-13(21)3-2-4-14(16)22/h2-10,23H,1H3/b10-9+. The Labute approximate surface area is 164 Å². The molecule has 8 heteroatoms. The molecule has 3 rings (SSSR count). The third-order valence-corrected chi connectivity index (χ3v) is 4.20. The average molecular weight is 407 g/mol. The molecule has 1 aromatic heterocycles. The van der Waals surface area contributed by atoms with Crippen molar-refractivity contribution in [1.82, 2.24) is 5.16 Å². The van der Waals surface area contributed by atoms with E-state index in [4.69, 9.17) is 32.5 Å². The van der Waals surface area contributed by atoms with Crippen molar-refractivity contribution in [1.29, 1.82) is 0 Å². The number of hydrogen-bond acceptors (Lipinski definition) is 5. The summed E-state index contributed by atoms with van der Waals surface area (Å²) in [5, 5.41) is 7.53. The van der Waals surface area contributed by atoms with Gasteiger partial charge >= 0.3 is 5.97 Å². The van der Waals surface area contributed by atoms with Gasteiger partial charge in [-0.1, -0.05) is 34.4 Å². The second-order valence-corrected chi connectivity index (χ2v) is 6.19. The molecule has 0 saturated carbocycles.